The van der Waals surface area contributed by atoms with Gasteiger partial charge >= 0.3 is 6.03 Å². The van der Waals surface area contributed by atoms with Crippen LogP contribution in [0.25, 0.3) is 21.8 Å². The number of hydrogen-bond acceptors (Lipinski definition) is 8. The number of fused-ring (bicyclic) bond motifs is 3. The normalized spacial score (nSPS) is 15.7. The number of thiazole rings is 1. The third-order valence-electron chi connectivity index (χ3n) is 6.45. The van der Waals surface area contributed by atoms with Gasteiger partial charge in [-0.05, 0) is 31.4 Å². The van der Waals surface area contributed by atoms with E-state index in [-0.39, 0.29) is 6.03 Å². The third kappa shape index (κ3) is 5.02. The minimum absolute atomic E-state index is 0.175. The van der Waals surface area contributed by atoms with Gasteiger partial charge in [0.05, 0.1) is 41.7 Å². The zero-order valence-corrected chi connectivity index (χ0v) is 21.3. The maximum Gasteiger partial charge on any atom is 0.323 e. The van der Waals surface area contributed by atoms with E-state index >= 15 is 0 Å². The summed E-state index contributed by atoms with van der Waals surface area (Å²) in [6.07, 6.45) is 4.67. The highest BCUT2D eigenvalue weighted by Gasteiger charge is 2.28. The summed E-state index contributed by atoms with van der Waals surface area (Å²) in [7, 11) is 5.32. The summed E-state index contributed by atoms with van der Waals surface area (Å²) in [5, 5.41) is 11.8. The molecule has 10 nitrogen and oxygen atoms in total. The van der Waals surface area contributed by atoms with Gasteiger partial charge in [-0.1, -0.05) is 11.3 Å². The largest absolute Gasteiger partial charge is 0.379 e. The van der Waals surface area contributed by atoms with Crippen molar-refractivity contribution >= 4 is 28.3 Å². The molecule has 3 aromatic heterocycles. The Bertz CT molecular complexity index is 1180. The van der Waals surface area contributed by atoms with Crippen molar-refractivity contribution in [3.63, 3.8) is 0 Å². The predicted molar refractivity (Wildman–Crippen MR) is 138 cm³/mol. The van der Waals surface area contributed by atoms with E-state index in [1.165, 1.54) is 21.8 Å². The summed E-state index contributed by atoms with van der Waals surface area (Å²) in [4.78, 5) is 26.6. The van der Waals surface area contributed by atoms with Gasteiger partial charge < -0.3 is 15.0 Å². The van der Waals surface area contributed by atoms with Gasteiger partial charge in [-0.15, -0.1) is 0 Å². The second-order valence-electron chi connectivity index (χ2n) is 9.01. The van der Waals surface area contributed by atoms with Gasteiger partial charge in [0, 0.05) is 58.1 Å². The molecule has 11 heteroatoms. The number of aryl methyl sites for hydroxylation is 1. The number of nitrogens with zero attached hydrogens (tertiary/aromatic N) is 6. The average Bonchev–Trinajstić information content (AvgIpc) is 3.39. The molecule has 2 N–H and O–H groups in total. The summed E-state index contributed by atoms with van der Waals surface area (Å²) in [6.45, 7) is 5.13. The van der Waals surface area contributed by atoms with Crippen LogP contribution >= 0.6 is 11.3 Å². The summed E-state index contributed by atoms with van der Waals surface area (Å²) in [6, 6.07) is 3.89. The molecule has 4 heterocycles. The second-order valence-corrected chi connectivity index (χ2v) is 10.0. The molecule has 0 atom stereocenters. The quantitative estimate of drug-likeness (QED) is 0.541. The molecule has 1 aliphatic heterocycles. The number of aromatic nitrogens is 4. The lowest BCUT2D eigenvalue weighted by Crippen LogP contribution is -2.38. The van der Waals surface area contributed by atoms with E-state index in [0.717, 1.165) is 92.0 Å². The SMILES string of the molecule is CNc1ccc(-c2nn(CCN3CCOCC3)c3c2CCCc2nc(NC(=O)N(C)C)sc2-3)cn1. The number of rotatable bonds is 6. The Labute approximate surface area is 209 Å². The van der Waals surface area contributed by atoms with Crippen molar-refractivity contribution in [2.24, 2.45) is 0 Å². The molecular formula is C24H32N8O2S. The molecular weight excluding hydrogens is 464 g/mol. The van der Waals surface area contributed by atoms with Gasteiger partial charge in [-0.2, -0.15) is 5.10 Å². The maximum atomic E-state index is 12.3. The molecule has 0 unspecified atom stereocenters. The van der Waals surface area contributed by atoms with Crippen molar-refractivity contribution in [2.75, 3.05) is 64.6 Å². The van der Waals surface area contributed by atoms with Crippen LogP contribution in [0.2, 0.25) is 0 Å². The minimum atomic E-state index is -0.175. The highest BCUT2D eigenvalue weighted by atomic mass is 32.1. The van der Waals surface area contributed by atoms with E-state index in [1.54, 1.807) is 14.1 Å². The predicted octanol–water partition coefficient (Wildman–Crippen LogP) is 3.02. The van der Waals surface area contributed by atoms with Gasteiger partial charge in [0.15, 0.2) is 5.13 Å². The van der Waals surface area contributed by atoms with E-state index < -0.39 is 0 Å². The number of urea groups is 1. The summed E-state index contributed by atoms with van der Waals surface area (Å²) < 4.78 is 7.66. The number of carbonyl (C=O) groups excluding carboxylic acids is 1. The highest BCUT2D eigenvalue weighted by molar-refractivity contribution is 7.19. The lowest BCUT2D eigenvalue weighted by Gasteiger charge is -2.26. The van der Waals surface area contributed by atoms with Crippen LogP contribution in [0.1, 0.15) is 17.7 Å². The molecule has 0 saturated carbocycles. The van der Waals surface area contributed by atoms with Crippen molar-refractivity contribution in [2.45, 2.75) is 25.8 Å². The van der Waals surface area contributed by atoms with Crippen molar-refractivity contribution in [3.05, 3.63) is 29.6 Å². The van der Waals surface area contributed by atoms with Crippen molar-refractivity contribution in [3.8, 4) is 21.8 Å². The Hall–Kier alpha value is -3.02. The first-order valence-electron chi connectivity index (χ1n) is 12.1. The van der Waals surface area contributed by atoms with Crippen LogP contribution in [0.15, 0.2) is 18.3 Å². The first kappa shape index (κ1) is 23.7. The van der Waals surface area contributed by atoms with Crippen LogP contribution in [0.4, 0.5) is 15.7 Å². The third-order valence-corrected chi connectivity index (χ3v) is 7.47. The number of ether oxygens (including phenoxy) is 1. The summed E-state index contributed by atoms with van der Waals surface area (Å²) >= 11 is 1.54. The smallest absolute Gasteiger partial charge is 0.323 e. The molecule has 5 rings (SSSR count). The van der Waals surface area contributed by atoms with E-state index in [9.17, 15) is 4.79 Å². The van der Waals surface area contributed by atoms with E-state index in [2.05, 4.69) is 31.3 Å². The van der Waals surface area contributed by atoms with Crippen LogP contribution in [-0.2, 0) is 24.1 Å². The number of pyridine rings is 1. The molecule has 1 saturated heterocycles. The molecule has 1 fully saturated rings. The zero-order valence-electron chi connectivity index (χ0n) is 20.5. The lowest BCUT2D eigenvalue weighted by molar-refractivity contribution is 0.0360. The molecule has 0 spiro atoms. The number of carbonyl (C=O) groups is 1. The molecule has 3 aromatic rings. The van der Waals surface area contributed by atoms with Crippen LogP contribution in [0.3, 0.4) is 0 Å². The van der Waals surface area contributed by atoms with Crippen LogP contribution < -0.4 is 10.6 Å². The molecule has 2 amide bonds. The minimum Gasteiger partial charge on any atom is -0.379 e. The number of anilines is 2. The second kappa shape index (κ2) is 10.3. The first-order valence-corrected chi connectivity index (χ1v) is 12.9. The van der Waals surface area contributed by atoms with Gasteiger partial charge in [0.1, 0.15) is 5.82 Å². The molecule has 0 radical (unpaired) electrons. The average molecular weight is 497 g/mol. The Morgan fingerprint density at radius 2 is 2.03 bits per heavy atom. The number of hydrogen-bond donors (Lipinski definition) is 2. The fourth-order valence-electron chi connectivity index (χ4n) is 4.52. The Morgan fingerprint density at radius 3 is 2.74 bits per heavy atom. The fourth-order valence-corrected chi connectivity index (χ4v) is 5.60. The number of amides is 2. The van der Waals surface area contributed by atoms with E-state index in [4.69, 9.17) is 14.8 Å². The Balaban J connectivity index is 1.54. The monoisotopic (exact) mass is 496 g/mol. The summed E-state index contributed by atoms with van der Waals surface area (Å²) in [5.74, 6) is 0.831. The molecule has 0 bridgehead atoms. The van der Waals surface area contributed by atoms with E-state index in [0.29, 0.717) is 5.13 Å². The Kier molecular flexibility index (Phi) is 6.98. The molecule has 2 aliphatic rings. The number of morpholine rings is 1. The van der Waals surface area contributed by atoms with Crippen molar-refractivity contribution in [1.29, 1.82) is 0 Å². The van der Waals surface area contributed by atoms with Crippen LogP contribution in [0, 0.1) is 0 Å². The first-order chi connectivity index (χ1) is 17.0. The van der Waals surface area contributed by atoms with Gasteiger partial charge in [0.25, 0.3) is 0 Å². The maximum absolute atomic E-state index is 12.3. The zero-order chi connectivity index (χ0) is 24.4. The highest BCUT2D eigenvalue weighted by Crippen LogP contribution is 2.42. The van der Waals surface area contributed by atoms with Crippen LogP contribution in [-0.4, -0.2) is 89.6 Å². The van der Waals surface area contributed by atoms with Crippen molar-refractivity contribution < 1.29 is 9.53 Å². The van der Waals surface area contributed by atoms with Gasteiger partial charge in [-0.25, -0.2) is 14.8 Å². The van der Waals surface area contributed by atoms with Gasteiger partial charge in [-0.3, -0.25) is 14.9 Å². The summed E-state index contributed by atoms with van der Waals surface area (Å²) in [5.41, 5.74) is 5.39. The molecule has 35 heavy (non-hydrogen) atoms. The number of nitrogens with one attached hydrogen (secondary N) is 2. The fraction of sp³-hybridized carbons (Fsp3) is 0.500. The lowest BCUT2D eigenvalue weighted by atomic mass is 10.0. The molecule has 0 aromatic carbocycles. The molecule has 1 aliphatic carbocycles. The van der Waals surface area contributed by atoms with Crippen molar-refractivity contribution in [1.82, 2.24) is 29.5 Å². The van der Waals surface area contributed by atoms with E-state index in [1.807, 2.05) is 19.3 Å². The Morgan fingerprint density at radius 1 is 1.20 bits per heavy atom. The standard InChI is InChI=1S/C24H32N8O2S/c1-25-19-8-7-16(15-26-19)20-17-5-4-6-18-22(35-23(27-18)28-24(33)30(2)3)21(17)32(29-20)10-9-31-11-13-34-14-12-31/h7-8,15H,4-6,9-14H2,1-3H3,(H,25,26)(H,27,28,33). The van der Waals surface area contributed by atoms with Crippen LogP contribution in [0.5, 0.6) is 0 Å². The van der Waals surface area contributed by atoms with Gasteiger partial charge in [0.2, 0.25) is 0 Å². The topological polar surface area (TPSA) is 100 Å². The molecule has 186 valence electrons.